The highest BCUT2D eigenvalue weighted by Crippen LogP contribution is 2.05. The molecule has 1 heterocycles. The number of hydrogen-bond donors (Lipinski definition) is 3. The Kier molecular flexibility index (Phi) is 4.84. The molecule has 0 spiro atoms. The molecule has 1 aromatic rings. The van der Waals surface area contributed by atoms with Crippen molar-refractivity contribution >= 4 is 11.9 Å². The van der Waals surface area contributed by atoms with E-state index in [2.05, 4.69) is 15.3 Å². The standard InChI is InChI=1S/C11H17N3O3/c1-7-6-9(10(16)17)14-11(13-7)12-5-3-4-8(2)15/h6,8,15H,3-5H2,1-2H3,(H,16,17)(H,12,13,14). The van der Waals surface area contributed by atoms with Crippen LogP contribution in [0.3, 0.4) is 0 Å². The van der Waals surface area contributed by atoms with Gasteiger partial charge in [-0.1, -0.05) is 0 Å². The van der Waals surface area contributed by atoms with Crippen LogP contribution in [0.15, 0.2) is 6.07 Å². The van der Waals surface area contributed by atoms with E-state index in [1.165, 1.54) is 6.07 Å². The van der Waals surface area contributed by atoms with Gasteiger partial charge < -0.3 is 15.5 Å². The van der Waals surface area contributed by atoms with Crippen LogP contribution >= 0.6 is 0 Å². The Morgan fingerprint density at radius 2 is 2.24 bits per heavy atom. The Morgan fingerprint density at radius 1 is 1.53 bits per heavy atom. The first-order chi connectivity index (χ1) is 7.99. The molecule has 6 heteroatoms. The average molecular weight is 239 g/mol. The summed E-state index contributed by atoms with van der Waals surface area (Å²) in [5.41, 5.74) is 0.589. The van der Waals surface area contributed by atoms with Gasteiger partial charge in [0, 0.05) is 12.2 Å². The third kappa shape index (κ3) is 4.78. The molecule has 0 aliphatic rings. The van der Waals surface area contributed by atoms with Crippen molar-refractivity contribution < 1.29 is 15.0 Å². The van der Waals surface area contributed by atoms with Crippen molar-refractivity contribution in [3.05, 3.63) is 17.5 Å². The molecule has 94 valence electrons. The quantitative estimate of drug-likeness (QED) is 0.642. The summed E-state index contributed by atoms with van der Waals surface area (Å²) in [6.45, 7) is 4.05. The van der Waals surface area contributed by atoms with E-state index in [0.29, 0.717) is 24.6 Å². The average Bonchev–Trinajstić information content (AvgIpc) is 2.23. The van der Waals surface area contributed by atoms with Gasteiger partial charge in [-0.2, -0.15) is 0 Å². The smallest absolute Gasteiger partial charge is 0.354 e. The van der Waals surface area contributed by atoms with Crippen LogP contribution in [-0.4, -0.2) is 38.8 Å². The second kappa shape index (κ2) is 6.15. The Bertz CT molecular complexity index is 394. The fourth-order valence-corrected chi connectivity index (χ4v) is 1.35. The van der Waals surface area contributed by atoms with Gasteiger partial charge in [0.05, 0.1) is 6.10 Å². The zero-order chi connectivity index (χ0) is 12.8. The van der Waals surface area contributed by atoms with E-state index in [1.807, 2.05) is 0 Å². The summed E-state index contributed by atoms with van der Waals surface area (Å²) in [5, 5.41) is 20.8. The van der Waals surface area contributed by atoms with Crippen LogP contribution in [0.2, 0.25) is 0 Å². The van der Waals surface area contributed by atoms with Gasteiger partial charge in [0.15, 0.2) is 5.69 Å². The number of nitrogens with zero attached hydrogens (tertiary/aromatic N) is 2. The summed E-state index contributed by atoms with van der Waals surface area (Å²) in [6, 6.07) is 1.42. The first kappa shape index (κ1) is 13.4. The van der Waals surface area contributed by atoms with Gasteiger partial charge >= 0.3 is 5.97 Å². The molecule has 1 unspecified atom stereocenters. The summed E-state index contributed by atoms with van der Waals surface area (Å²) in [5.74, 6) is -0.754. The zero-order valence-electron chi connectivity index (χ0n) is 9.97. The molecular formula is C11H17N3O3. The molecule has 0 aliphatic heterocycles. The zero-order valence-corrected chi connectivity index (χ0v) is 9.97. The highest BCUT2D eigenvalue weighted by Gasteiger charge is 2.08. The van der Waals surface area contributed by atoms with E-state index in [9.17, 15) is 4.79 Å². The van der Waals surface area contributed by atoms with Gasteiger partial charge in [-0.3, -0.25) is 0 Å². The molecule has 6 nitrogen and oxygen atoms in total. The lowest BCUT2D eigenvalue weighted by atomic mass is 10.2. The fraction of sp³-hybridized carbons (Fsp3) is 0.545. The molecule has 0 aromatic carbocycles. The van der Waals surface area contributed by atoms with Crippen LogP contribution in [0.5, 0.6) is 0 Å². The van der Waals surface area contributed by atoms with E-state index in [1.54, 1.807) is 13.8 Å². The molecule has 1 aromatic heterocycles. The van der Waals surface area contributed by atoms with E-state index in [0.717, 1.165) is 6.42 Å². The molecular weight excluding hydrogens is 222 g/mol. The highest BCUT2D eigenvalue weighted by atomic mass is 16.4. The SMILES string of the molecule is Cc1cc(C(=O)O)nc(NCCCC(C)O)n1. The third-order valence-electron chi connectivity index (χ3n) is 2.16. The maximum atomic E-state index is 10.8. The number of anilines is 1. The monoisotopic (exact) mass is 239 g/mol. The van der Waals surface area contributed by atoms with E-state index in [-0.39, 0.29) is 11.8 Å². The number of aryl methyl sites for hydroxylation is 1. The van der Waals surface area contributed by atoms with Crippen molar-refractivity contribution in [2.75, 3.05) is 11.9 Å². The van der Waals surface area contributed by atoms with Crippen LogP contribution in [0.1, 0.15) is 35.9 Å². The summed E-state index contributed by atoms with van der Waals surface area (Å²) < 4.78 is 0. The number of aliphatic hydroxyl groups is 1. The lowest BCUT2D eigenvalue weighted by Gasteiger charge is -2.07. The second-order valence-corrected chi connectivity index (χ2v) is 3.94. The minimum absolute atomic E-state index is 0.0180. The molecule has 1 atom stereocenters. The molecule has 0 radical (unpaired) electrons. The van der Waals surface area contributed by atoms with Crippen molar-refractivity contribution in [3.8, 4) is 0 Å². The Labute approximate surface area is 99.7 Å². The van der Waals surface area contributed by atoms with Crippen LogP contribution in [0.25, 0.3) is 0 Å². The largest absolute Gasteiger partial charge is 0.477 e. The predicted molar refractivity (Wildman–Crippen MR) is 63.1 cm³/mol. The van der Waals surface area contributed by atoms with Crippen molar-refractivity contribution in [2.45, 2.75) is 32.8 Å². The fourth-order valence-electron chi connectivity index (χ4n) is 1.35. The summed E-state index contributed by atoms with van der Waals surface area (Å²) in [6.07, 6.45) is 1.13. The first-order valence-corrected chi connectivity index (χ1v) is 5.50. The van der Waals surface area contributed by atoms with Gasteiger partial charge in [0.25, 0.3) is 0 Å². The molecule has 17 heavy (non-hydrogen) atoms. The normalized spacial score (nSPS) is 12.2. The van der Waals surface area contributed by atoms with E-state index < -0.39 is 5.97 Å². The first-order valence-electron chi connectivity index (χ1n) is 5.50. The maximum Gasteiger partial charge on any atom is 0.354 e. The number of aromatic nitrogens is 2. The van der Waals surface area contributed by atoms with E-state index >= 15 is 0 Å². The molecule has 0 fully saturated rings. The van der Waals surface area contributed by atoms with Crippen LogP contribution in [0, 0.1) is 6.92 Å². The number of carbonyl (C=O) groups is 1. The number of carboxylic acids is 1. The van der Waals surface area contributed by atoms with E-state index in [4.69, 9.17) is 10.2 Å². The van der Waals surface area contributed by atoms with Gasteiger partial charge in [-0.25, -0.2) is 14.8 Å². The number of nitrogens with one attached hydrogen (secondary N) is 1. The minimum atomic E-state index is -1.07. The van der Waals surface area contributed by atoms with Crippen LogP contribution in [-0.2, 0) is 0 Å². The third-order valence-corrected chi connectivity index (χ3v) is 2.16. The second-order valence-electron chi connectivity index (χ2n) is 3.94. The van der Waals surface area contributed by atoms with Gasteiger partial charge in [-0.15, -0.1) is 0 Å². The van der Waals surface area contributed by atoms with Crippen molar-refractivity contribution in [2.24, 2.45) is 0 Å². The molecule has 0 saturated carbocycles. The minimum Gasteiger partial charge on any atom is -0.477 e. The Balaban J connectivity index is 2.56. The van der Waals surface area contributed by atoms with Gasteiger partial charge in [-0.05, 0) is 32.8 Å². The summed E-state index contributed by atoms with van der Waals surface area (Å²) in [7, 11) is 0. The number of rotatable bonds is 6. The molecule has 0 saturated heterocycles. The van der Waals surface area contributed by atoms with Gasteiger partial charge in [0.2, 0.25) is 5.95 Å². The number of aromatic carboxylic acids is 1. The highest BCUT2D eigenvalue weighted by molar-refractivity contribution is 5.85. The van der Waals surface area contributed by atoms with Crippen LogP contribution < -0.4 is 5.32 Å². The van der Waals surface area contributed by atoms with Crippen molar-refractivity contribution in [3.63, 3.8) is 0 Å². The van der Waals surface area contributed by atoms with Gasteiger partial charge in [0.1, 0.15) is 0 Å². The lowest BCUT2D eigenvalue weighted by Crippen LogP contribution is -2.11. The summed E-state index contributed by atoms with van der Waals surface area (Å²) in [4.78, 5) is 18.7. The predicted octanol–water partition coefficient (Wildman–Crippen LogP) is 1.06. The summed E-state index contributed by atoms with van der Waals surface area (Å²) >= 11 is 0. The molecule has 0 amide bonds. The number of carboxylic acid groups (broad SMARTS) is 1. The van der Waals surface area contributed by atoms with Crippen molar-refractivity contribution in [1.29, 1.82) is 0 Å². The lowest BCUT2D eigenvalue weighted by molar-refractivity contribution is 0.0690. The molecule has 3 N–H and O–H groups in total. The maximum absolute atomic E-state index is 10.8. The molecule has 0 bridgehead atoms. The molecule has 1 rings (SSSR count). The Morgan fingerprint density at radius 3 is 2.82 bits per heavy atom. The number of hydrogen-bond acceptors (Lipinski definition) is 5. The Hall–Kier alpha value is -1.69. The topological polar surface area (TPSA) is 95.3 Å². The number of aliphatic hydroxyl groups excluding tert-OH is 1. The van der Waals surface area contributed by atoms with Crippen LogP contribution in [0.4, 0.5) is 5.95 Å². The van der Waals surface area contributed by atoms with Crippen molar-refractivity contribution in [1.82, 2.24) is 9.97 Å². The molecule has 0 aliphatic carbocycles.